The second kappa shape index (κ2) is 10.7. The fraction of sp³-hybridized carbons (Fsp3) is 0.455. The molecule has 160 valence electrons. The van der Waals surface area contributed by atoms with E-state index in [0.29, 0.717) is 31.1 Å². The molecule has 0 amide bonds. The molecule has 0 aliphatic rings. The van der Waals surface area contributed by atoms with Crippen LogP contribution in [0.5, 0.6) is 5.75 Å². The molecule has 2 aromatic rings. The molecule has 2 atom stereocenters. The van der Waals surface area contributed by atoms with Crippen LogP contribution < -0.4 is 10.5 Å². The van der Waals surface area contributed by atoms with Crippen molar-refractivity contribution in [3.8, 4) is 5.75 Å². The van der Waals surface area contributed by atoms with E-state index in [9.17, 15) is 13.5 Å². The average molecular weight is 421 g/mol. The molecule has 7 heteroatoms. The molecule has 0 fully saturated rings. The Hall–Kier alpha value is -1.93. The summed E-state index contributed by atoms with van der Waals surface area (Å²) in [6.07, 6.45) is 0.189. The van der Waals surface area contributed by atoms with Crippen LogP contribution in [-0.4, -0.2) is 50.2 Å². The van der Waals surface area contributed by atoms with Crippen molar-refractivity contribution in [3.05, 3.63) is 60.2 Å². The van der Waals surface area contributed by atoms with E-state index in [0.717, 1.165) is 5.56 Å². The van der Waals surface area contributed by atoms with Crippen molar-refractivity contribution in [2.24, 2.45) is 11.7 Å². The first-order chi connectivity index (χ1) is 13.7. The molecule has 2 rings (SSSR count). The highest BCUT2D eigenvalue weighted by Crippen LogP contribution is 2.21. The van der Waals surface area contributed by atoms with Crippen molar-refractivity contribution >= 4 is 10.0 Å². The molecule has 0 aliphatic heterocycles. The van der Waals surface area contributed by atoms with Gasteiger partial charge in [-0.15, -0.1) is 0 Å². The third-order valence-corrected chi connectivity index (χ3v) is 6.73. The van der Waals surface area contributed by atoms with Gasteiger partial charge in [-0.3, -0.25) is 0 Å². The summed E-state index contributed by atoms with van der Waals surface area (Å²) in [5.74, 6) is 0.918. The average Bonchev–Trinajstić information content (AvgIpc) is 2.71. The molecule has 0 saturated heterocycles. The monoisotopic (exact) mass is 420 g/mol. The maximum absolute atomic E-state index is 13.2. The number of aliphatic hydroxyl groups excluding tert-OH is 1. The number of hydrogen-bond donors (Lipinski definition) is 2. The lowest BCUT2D eigenvalue weighted by atomic mass is 10.0. The third kappa shape index (κ3) is 6.82. The van der Waals surface area contributed by atoms with Crippen LogP contribution in [0.15, 0.2) is 59.5 Å². The zero-order valence-electron chi connectivity index (χ0n) is 17.4. The summed E-state index contributed by atoms with van der Waals surface area (Å²) in [5, 5.41) is 10.7. The fourth-order valence-electron chi connectivity index (χ4n) is 2.97. The van der Waals surface area contributed by atoms with E-state index in [1.807, 2.05) is 44.2 Å². The summed E-state index contributed by atoms with van der Waals surface area (Å²) >= 11 is 0. The van der Waals surface area contributed by atoms with Crippen LogP contribution >= 0.6 is 0 Å². The van der Waals surface area contributed by atoms with Gasteiger partial charge in [0, 0.05) is 19.1 Å². The number of aliphatic hydroxyl groups is 1. The quantitative estimate of drug-likeness (QED) is 0.583. The Morgan fingerprint density at radius 3 is 2.24 bits per heavy atom. The van der Waals surface area contributed by atoms with E-state index in [-0.39, 0.29) is 11.4 Å². The fourth-order valence-corrected chi connectivity index (χ4v) is 4.45. The van der Waals surface area contributed by atoms with E-state index >= 15 is 0 Å². The molecule has 0 radical (unpaired) electrons. The van der Waals surface area contributed by atoms with Gasteiger partial charge in [-0.25, -0.2) is 8.42 Å². The van der Waals surface area contributed by atoms with Gasteiger partial charge in [-0.2, -0.15) is 4.31 Å². The summed E-state index contributed by atoms with van der Waals surface area (Å²) in [4.78, 5) is 0.172. The number of nitrogens with two attached hydrogens (primary N) is 1. The molecule has 29 heavy (non-hydrogen) atoms. The minimum Gasteiger partial charge on any atom is -0.497 e. The zero-order valence-corrected chi connectivity index (χ0v) is 18.2. The number of sulfonamides is 1. The molecular weight excluding hydrogens is 388 g/mol. The first kappa shape index (κ1) is 23.3. The Bertz CT molecular complexity index is 839. The Balaban J connectivity index is 2.17. The van der Waals surface area contributed by atoms with Crippen LogP contribution in [0.3, 0.4) is 0 Å². The standard InChI is InChI=1S/C22H32N2O4S/c1-17(2)13-14-24(29(26,27)20-11-9-19(28-3)10-12-20)16-22(25)21(23)15-18-7-5-4-6-8-18/h4-12,17,21-22,25H,13-16,23H2,1-3H3/t21-,22+/m0/s1. The summed E-state index contributed by atoms with van der Waals surface area (Å²) in [7, 11) is -2.23. The van der Waals surface area contributed by atoms with Gasteiger partial charge < -0.3 is 15.6 Å². The maximum Gasteiger partial charge on any atom is 0.243 e. The molecular formula is C22H32N2O4S. The van der Waals surface area contributed by atoms with Crippen molar-refractivity contribution < 1.29 is 18.3 Å². The first-order valence-electron chi connectivity index (χ1n) is 9.85. The molecule has 0 aromatic heterocycles. The van der Waals surface area contributed by atoms with Gasteiger partial charge in [-0.1, -0.05) is 44.2 Å². The smallest absolute Gasteiger partial charge is 0.243 e. The van der Waals surface area contributed by atoms with Crippen LogP contribution in [0.4, 0.5) is 0 Å². The molecule has 0 saturated carbocycles. The predicted molar refractivity (Wildman–Crippen MR) is 115 cm³/mol. The molecule has 0 unspecified atom stereocenters. The van der Waals surface area contributed by atoms with Crippen LogP contribution in [0, 0.1) is 5.92 Å². The van der Waals surface area contributed by atoms with Gasteiger partial charge in [0.1, 0.15) is 5.75 Å². The highest BCUT2D eigenvalue weighted by molar-refractivity contribution is 7.89. The highest BCUT2D eigenvalue weighted by Gasteiger charge is 2.29. The number of hydrogen-bond acceptors (Lipinski definition) is 5. The minimum atomic E-state index is -3.76. The zero-order chi connectivity index (χ0) is 21.4. The number of benzene rings is 2. The van der Waals surface area contributed by atoms with Gasteiger partial charge in [0.2, 0.25) is 10.0 Å². The highest BCUT2D eigenvalue weighted by atomic mass is 32.2. The Morgan fingerprint density at radius 2 is 1.69 bits per heavy atom. The van der Waals surface area contributed by atoms with E-state index in [1.54, 1.807) is 12.1 Å². The molecule has 0 spiro atoms. The van der Waals surface area contributed by atoms with E-state index < -0.39 is 22.2 Å². The van der Waals surface area contributed by atoms with Crippen LogP contribution in [-0.2, 0) is 16.4 Å². The number of methoxy groups -OCH3 is 1. The second-order valence-electron chi connectivity index (χ2n) is 7.64. The summed E-state index contributed by atoms with van der Waals surface area (Å²) in [5.41, 5.74) is 7.19. The van der Waals surface area contributed by atoms with E-state index in [1.165, 1.54) is 23.5 Å². The molecule has 3 N–H and O–H groups in total. The minimum absolute atomic E-state index is 0.0465. The molecule has 2 aromatic carbocycles. The maximum atomic E-state index is 13.2. The predicted octanol–water partition coefficient (Wildman–Crippen LogP) is 2.66. The van der Waals surface area contributed by atoms with Crippen molar-refractivity contribution in [2.45, 2.75) is 43.7 Å². The van der Waals surface area contributed by atoms with Crippen molar-refractivity contribution in [2.75, 3.05) is 20.2 Å². The number of rotatable bonds is 11. The topological polar surface area (TPSA) is 92.9 Å². The number of nitrogens with zero attached hydrogens (tertiary/aromatic N) is 1. The molecule has 0 aliphatic carbocycles. The third-order valence-electron chi connectivity index (χ3n) is 4.85. The Labute approximate surface area is 174 Å². The lowest BCUT2D eigenvalue weighted by Crippen LogP contribution is -2.47. The molecule has 0 bridgehead atoms. The van der Waals surface area contributed by atoms with Gasteiger partial charge in [-0.05, 0) is 48.6 Å². The Kier molecular flexibility index (Phi) is 8.64. The van der Waals surface area contributed by atoms with Crippen molar-refractivity contribution in [1.82, 2.24) is 4.31 Å². The van der Waals surface area contributed by atoms with Crippen LogP contribution in [0.25, 0.3) is 0 Å². The van der Waals surface area contributed by atoms with Crippen molar-refractivity contribution in [3.63, 3.8) is 0 Å². The van der Waals surface area contributed by atoms with Gasteiger partial charge in [0.25, 0.3) is 0 Å². The second-order valence-corrected chi connectivity index (χ2v) is 9.58. The largest absolute Gasteiger partial charge is 0.497 e. The normalized spacial score (nSPS) is 14.2. The SMILES string of the molecule is COc1ccc(S(=O)(=O)N(CCC(C)C)C[C@@H](O)[C@@H](N)Cc2ccccc2)cc1. The summed E-state index contributed by atoms with van der Waals surface area (Å²) < 4.78 is 32.8. The lowest BCUT2D eigenvalue weighted by Gasteiger charge is -2.28. The van der Waals surface area contributed by atoms with E-state index in [4.69, 9.17) is 10.5 Å². The first-order valence-corrected chi connectivity index (χ1v) is 11.3. The summed E-state index contributed by atoms with van der Waals surface area (Å²) in [6.45, 7) is 4.35. The van der Waals surface area contributed by atoms with Crippen LogP contribution in [0.1, 0.15) is 25.8 Å². The lowest BCUT2D eigenvalue weighted by molar-refractivity contribution is 0.118. The van der Waals surface area contributed by atoms with Gasteiger partial charge in [0.05, 0.1) is 18.1 Å². The Morgan fingerprint density at radius 1 is 1.07 bits per heavy atom. The van der Waals surface area contributed by atoms with Crippen LogP contribution in [0.2, 0.25) is 0 Å². The molecule has 0 heterocycles. The van der Waals surface area contributed by atoms with Crippen molar-refractivity contribution in [1.29, 1.82) is 0 Å². The number of ether oxygens (including phenoxy) is 1. The molecule has 6 nitrogen and oxygen atoms in total. The van der Waals surface area contributed by atoms with Gasteiger partial charge in [0.15, 0.2) is 0 Å². The summed E-state index contributed by atoms with van der Waals surface area (Å²) in [6, 6.07) is 15.3. The van der Waals surface area contributed by atoms with E-state index in [2.05, 4.69) is 0 Å². The van der Waals surface area contributed by atoms with Gasteiger partial charge >= 0.3 is 0 Å².